The highest BCUT2D eigenvalue weighted by molar-refractivity contribution is 7.09. The third kappa shape index (κ3) is 4.03. The van der Waals surface area contributed by atoms with Gasteiger partial charge in [0.1, 0.15) is 5.01 Å². The van der Waals surface area contributed by atoms with E-state index in [0.717, 1.165) is 10.6 Å². The van der Waals surface area contributed by atoms with Crippen LogP contribution in [0.2, 0.25) is 0 Å². The van der Waals surface area contributed by atoms with Crippen molar-refractivity contribution in [2.24, 2.45) is 0 Å². The highest BCUT2D eigenvalue weighted by Crippen LogP contribution is 2.22. The average molecular weight is 305 g/mol. The van der Waals surface area contributed by atoms with E-state index in [2.05, 4.69) is 15.6 Å². The number of aliphatic hydroxyl groups is 1. The number of amides is 2. The number of aromatic nitrogens is 1. The van der Waals surface area contributed by atoms with E-state index in [9.17, 15) is 9.90 Å². The number of carbonyl (C=O) groups is 1. The summed E-state index contributed by atoms with van der Waals surface area (Å²) in [5.41, 5.74) is 0.952. The van der Waals surface area contributed by atoms with Crippen molar-refractivity contribution in [3.05, 3.63) is 46.4 Å². The van der Waals surface area contributed by atoms with E-state index in [1.807, 2.05) is 19.2 Å². The summed E-state index contributed by atoms with van der Waals surface area (Å²) in [6.07, 6.45) is 1.20. The lowest BCUT2D eigenvalue weighted by molar-refractivity contribution is 0.199. The van der Waals surface area contributed by atoms with Gasteiger partial charge in [-0.3, -0.25) is 0 Å². The Bertz CT molecular complexity index is 592. The standard InChI is InChI=1S/C15H19N3O2S/c1-10(19)11-4-6-12(7-5-11)17-14(20)18-15(2,3)13-16-8-9-21-13/h4-10,19H,1-3H3,(H2,17,18,20). The van der Waals surface area contributed by atoms with Crippen LogP contribution < -0.4 is 10.6 Å². The summed E-state index contributed by atoms with van der Waals surface area (Å²) < 4.78 is 0. The van der Waals surface area contributed by atoms with Gasteiger partial charge in [-0.1, -0.05) is 12.1 Å². The summed E-state index contributed by atoms with van der Waals surface area (Å²) in [6, 6.07) is 6.80. The number of benzene rings is 1. The molecule has 0 radical (unpaired) electrons. The molecule has 6 heteroatoms. The molecule has 2 amide bonds. The van der Waals surface area contributed by atoms with Crippen LogP contribution in [0.1, 0.15) is 37.4 Å². The van der Waals surface area contributed by atoms with Gasteiger partial charge in [0.2, 0.25) is 0 Å². The Morgan fingerprint density at radius 2 is 2.00 bits per heavy atom. The minimum atomic E-state index is -0.530. The number of hydrogen-bond acceptors (Lipinski definition) is 4. The van der Waals surface area contributed by atoms with E-state index in [1.54, 1.807) is 37.4 Å². The number of aliphatic hydroxyl groups excluding tert-OH is 1. The smallest absolute Gasteiger partial charge is 0.319 e. The fourth-order valence-corrected chi connectivity index (χ4v) is 2.59. The number of hydrogen-bond donors (Lipinski definition) is 3. The summed E-state index contributed by atoms with van der Waals surface area (Å²) >= 11 is 1.50. The molecule has 1 unspecified atom stereocenters. The molecule has 5 nitrogen and oxygen atoms in total. The molecule has 0 fully saturated rings. The lowest BCUT2D eigenvalue weighted by Crippen LogP contribution is -2.43. The zero-order valence-electron chi connectivity index (χ0n) is 12.3. The minimum Gasteiger partial charge on any atom is -0.389 e. The maximum atomic E-state index is 12.0. The summed E-state index contributed by atoms with van der Waals surface area (Å²) in [7, 11) is 0. The Labute approximate surface area is 128 Å². The first kappa shape index (κ1) is 15.5. The summed E-state index contributed by atoms with van der Waals surface area (Å²) in [6.45, 7) is 5.51. The van der Waals surface area contributed by atoms with Crippen molar-refractivity contribution in [3.8, 4) is 0 Å². The van der Waals surface area contributed by atoms with Crippen LogP contribution in [-0.2, 0) is 5.54 Å². The van der Waals surface area contributed by atoms with Crippen LogP contribution in [-0.4, -0.2) is 16.1 Å². The number of rotatable bonds is 4. The van der Waals surface area contributed by atoms with Gasteiger partial charge in [-0.05, 0) is 38.5 Å². The van der Waals surface area contributed by atoms with Gasteiger partial charge in [0.05, 0.1) is 11.6 Å². The summed E-state index contributed by atoms with van der Waals surface area (Å²) in [5.74, 6) is 0. The Balaban J connectivity index is 1.98. The van der Waals surface area contributed by atoms with E-state index in [0.29, 0.717) is 5.69 Å². The monoisotopic (exact) mass is 305 g/mol. The summed E-state index contributed by atoms with van der Waals surface area (Å²) in [4.78, 5) is 16.3. The summed E-state index contributed by atoms with van der Waals surface area (Å²) in [5, 5.41) is 17.8. The van der Waals surface area contributed by atoms with Crippen LogP contribution in [0.4, 0.5) is 10.5 Å². The molecule has 1 aromatic carbocycles. The molecule has 0 bridgehead atoms. The van der Waals surface area contributed by atoms with E-state index < -0.39 is 11.6 Å². The molecule has 1 aromatic heterocycles. The third-order valence-electron chi connectivity index (χ3n) is 3.04. The van der Waals surface area contributed by atoms with Crippen molar-refractivity contribution in [2.75, 3.05) is 5.32 Å². The number of nitrogens with one attached hydrogen (secondary N) is 2. The highest BCUT2D eigenvalue weighted by atomic mass is 32.1. The Kier molecular flexibility index (Phi) is 4.59. The molecule has 0 spiro atoms. The van der Waals surface area contributed by atoms with Gasteiger partial charge >= 0.3 is 6.03 Å². The van der Waals surface area contributed by atoms with Crippen molar-refractivity contribution in [1.82, 2.24) is 10.3 Å². The zero-order chi connectivity index (χ0) is 15.5. The van der Waals surface area contributed by atoms with E-state index in [-0.39, 0.29) is 6.03 Å². The fraction of sp³-hybridized carbons (Fsp3) is 0.333. The van der Waals surface area contributed by atoms with E-state index >= 15 is 0 Å². The van der Waals surface area contributed by atoms with Crippen LogP contribution in [0, 0.1) is 0 Å². The van der Waals surface area contributed by atoms with Crippen LogP contribution in [0.5, 0.6) is 0 Å². The first-order valence-electron chi connectivity index (χ1n) is 6.65. The number of nitrogens with zero attached hydrogens (tertiary/aromatic N) is 1. The quantitative estimate of drug-likeness (QED) is 0.811. The second kappa shape index (κ2) is 6.24. The van der Waals surface area contributed by atoms with Crippen molar-refractivity contribution >= 4 is 23.1 Å². The predicted octanol–water partition coefficient (Wildman–Crippen LogP) is 3.25. The van der Waals surface area contributed by atoms with Gasteiger partial charge in [-0.2, -0.15) is 0 Å². The van der Waals surface area contributed by atoms with Crippen LogP contribution in [0.25, 0.3) is 0 Å². The first-order chi connectivity index (χ1) is 9.88. The number of anilines is 1. The fourth-order valence-electron chi connectivity index (χ4n) is 1.88. The Hall–Kier alpha value is -1.92. The maximum absolute atomic E-state index is 12.0. The molecule has 2 aromatic rings. The molecule has 0 saturated carbocycles. The minimum absolute atomic E-state index is 0.292. The molecule has 2 rings (SSSR count). The predicted molar refractivity (Wildman–Crippen MR) is 84.4 cm³/mol. The van der Waals surface area contributed by atoms with Crippen molar-refractivity contribution in [3.63, 3.8) is 0 Å². The van der Waals surface area contributed by atoms with Crippen LogP contribution >= 0.6 is 11.3 Å². The molecule has 112 valence electrons. The Morgan fingerprint density at radius 1 is 1.33 bits per heavy atom. The van der Waals surface area contributed by atoms with Gasteiger partial charge in [-0.15, -0.1) is 11.3 Å². The van der Waals surface area contributed by atoms with E-state index in [1.165, 1.54) is 11.3 Å². The highest BCUT2D eigenvalue weighted by Gasteiger charge is 2.25. The molecule has 3 N–H and O–H groups in total. The Morgan fingerprint density at radius 3 is 2.52 bits per heavy atom. The lowest BCUT2D eigenvalue weighted by atomic mass is 10.1. The van der Waals surface area contributed by atoms with Gasteiger partial charge in [0.25, 0.3) is 0 Å². The topological polar surface area (TPSA) is 74.2 Å². The van der Waals surface area contributed by atoms with Crippen molar-refractivity contribution in [2.45, 2.75) is 32.4 Å². The maximum Gasteiger partial charge on any atom is 0.319 e. The second-order valence-electron chi connectivity index (χ2n) is 5.34. The van der Waals surface area contributed by atoms with Crippen molar-refractivity contribution < 1.29 is 9.90 Å². The molecule has 0 aliphatic heterocycles. The third-order valence-corrected chi connectivity index (χ3v) is 4.14. The molecule has 1 atom stereocenters. The van der Waals surface area contributed by atoms with Gasteiger partial charge in [0.15, 0.2) is 0 Å². The molecule has 21 heavy (non-hydrogen) atoms. The van der Waals surface area contributed by atoms with Gasteiger partial charge in [0, 0.05) is 17.3 Å². The molecular weight excluding hydrogens is 286 g/mol. The second-order valence-corrected chi connectivity index (χ2v) is 6.23. The molecule has 0 aliphatic rings. The lowest BCUT2D eigenvalue weighted by Gasteiger charge is -2.24. The zero-order valence-corrected chi connectivity index (χ0v) is 13.1. The van der Waals surface area contributed by atoms with Crippen molar-refractivity contribution in [1.29, 1.82) is 0 Å². The van der Waals surface area contributed by atoms with Crippen LogP contribution in [0.3, 0.4) is 0 Å². The molecule has 0 saturated heterocycles. The number of thiazole rings is 1. The molecule has 1 heterocycles. The van der Waals surface area contributed by atoms with Gasteiger partial charge < -0.3 is 15.7 Å². The normalized spacial score (nSPS) is 12.8. The van der Waals surface area contributed by atoms with Gasteiger partial charge in [-0.25, -0.2) is 9.78 Å². The number of urea groups is 1. The first-order valence-corrected chi connectivity index (χ1v) is 7.53. The average Bonchev–Trinajstić information content (AvgIpc) is 2.93. The number of carbonyl (C=O) groups excluding carboxylic acids is 1. The van der Waals surface area contributed by atoms with Crippen LogP contribution in [0.15, 0.2) is 35.8 Å². The SMILES string of the molecule is CC(O)c1ccc(NC(=O)NC(C)(C)c2nccs2)cc1. The largest absolute Gasteiger partial charge is 0.389 e. The van der Waals surface area contributed by atoms with E-state index in [4.69, 9.17) is 0 Å². The molecule has 0 aliphatic carbocycles. The molecular formula is C15H19N3O2S.